The number of benzene rings is 2. The van der Waals surface area contributed by atoms with Crippen LogP contribution < -0.4 is 20.7 Å². The molecule has 1 saturated carbocycles. The van der Waals surface area contributed by atoms with Gasteiger partial charge in [0.25, 0.3) is 0 Å². The lowest BCUT2D eigenvalue weighted by atomic mass is 9.85. The molecular formula is C21H25N3O3. The fourth-order valence-electron chi connectivity index (χ4n) is 2.81. The maximum absolute atomic E-state index is 12.0. The van der Waals surface area contributed by atoms with Crippen molar-refractivity contribution in [3.8, 4) is 5.75 Å². The van der Waals surface area contributed by atoms with Gasteiger partial charge in [0.15, 0.2) is 0 Å². The molecule has 0 unspecified atom stereocenters. The van der Waals surface area contributed by atoms with Crippen LogP contribution in [0.3, 0.4) is 0 Å². The second-order valence-electron chi connectivity index (χ2n) is 6.70. The molecule has 0 atom stereocenters. The zero-order valence-corrected chi connectivity index (χ0v) is 15.5. The number of methoxy groups -OCH3 is 1. The van der Waals surface area contributed by atoms with E-state index in [2.05, 4.69) is 16.0 Å². The fraction of sp³-hybridized carbons (Fsp3) is 0.333. The minimum Gasteiger partial charge on any atom is -0.497 e. The van der Waals surface area contributed by atoms with Crippen molar-refractivity contribution in [2.24, 2.45) is 5.92 Å². The molecule has 2 aromatic carbocycles. The molecule has 3 N–H and O–H groups in total. The zero-order valence-electron chi connectivity index (χ0n) is 15.5. The van der Waals surface area contributed by atoms with Gasteiger partial charge in [-0.05, 0) is 48.2 Å². The van der Waals surface area contributed by atoms with Crippen molar-refractivity contribution in [1.29, 1.82) is 0 Å². The van der Waals surface area contributed by atoms with Gasteiger partial charge in [0, 0.05) is 24.7 Å². The van der Waals surface area contributed by atoms with E-state index in [1.54, 1.807) is 7.11 Å². The molecule has 1 aliphatic rings. The number of hydrogen-bond donors (Lipinski definition) is 3. The predicted molar refractivity (Wildman–Crippen MR) is 104 cm³/mol. The highest BCUT2D eigenvalue weighted by Gasteiger charge is 2.24. The maximum Gasteiger partial charge on any atom is 0.319 e. The number of urea groups is 1. The summed E-state index contributed by atoms with van der Waals surface area (Å²) in [5, 5.41) is 8.58. The molecule has 0 aliphatic heterocycles. The third kappa shape index (κ3) is 5.48. The Balaban J connectivity index is 1.41. The molecule has 0 bridgehead atoms. The summed E-state index contributed by atoms with van der Waals surface area (Å²) in [6.07, 6.45) is 3.15. The highest BCUT2D eigenvalue weighted by Crippen LogP contribution is 2.26. The van der Waals surface area contributed by atoms with Gasteiger partial charge < -0.3 is 20.7 Å². The molecule has 0 spiro atoms. The van der Waals surface area contributed by atoms with E-state index in [9.17, 15) is 9.59 Å². The first-order valence-electron chi connectivity index (χ1n) is 9.18. The van der Waals surface area contributed by atoms with Gasteiger partial charge in [-0.1, -0.05) is 30.7 Å². The van der Waals surface area contributed by atoms with Crippen molar-refractivity contribution in [2.45, 2.75) is 32.4 Å². The van der Waals surface area contributed by atoms with Crippen molar-refractivity contribution in [2.75, 3.05) is 12.4 Å². The van der Waals surface area contributed by atoms with E-state index in [1.807, 2.05) is 48.5 Å². The number of amides is 3. The summed E-state index contributed by atoms with van der Waals surface area (Å²) in [6, 6.07) is 14.7. The minimum atomic E-state index is -0.267. The molecule has 142 valence electrons. The topological polar surface area (TPSA) is 79.5 Å². The van der Waals surface area contributed by atoms with E-state index < -0.39 is 0 Å². The van der Waals surface area contributed by atoms with E-state index in [0.717, 1.165) is 36.1 Å². The highest BCUT2D eigenvalue weighted by atomic mass is 16.5. The van der Waals surface area contributed by atoms with E-state index in [1.165, 1.54) is 0 Å². The van der Waals surface area contributed by atoms with E-state index in [4.69, 9.17) is 4.74 Å². The number of hydrogen-bond acceptors (Lipinski definition) is 3. The third-order valence-corrected chi connectivity index (χ3v) is 4.77. The summed E-state index contributed by atoms with van der Waals surface area (Å²) in [5.74, 6) is 1.12. The van der Waals surface area contributed by atoms with Crippen LogP contribution in [0.4, 0.5) is 10.5 Å². The van der Waals surface area contributed by atoms with Gasteiger partial charge in [-0.15, -0.1) is 0 Å². The fourth-order valence-corrected chi connectivity index (χ4v) is 2.81. The van der Waals surface area contributed by atoms with Crippen molar-refractivity contribution in [3.63, 3.8) is 0 Å². The van der Waals surface area contributed by atoms with Crippen molar-refractivity contribution in [3.05, 3.63) is 59.7 Å². The van der Waals surface area contributed by atoms with E-state index >= 15 is 0 Å². The van der Waals surface area contributed by atoms with E-state index in [0.29, 0.717) is 18.8 Å². The number of carbonyl (C=O) groups excluding carboxylic acids is 2. The number of rotatable bonds is 7. The third-order valence-electron chi connectivity index (χ3n) is 4.77. The smallest absolute Gasteiger partial charge is 0.319 e. The average molecular weight is 367 g/mol. The first-order valence-corrected chi connectivity index (χ1v) is 9.18. The molecular weight excluding hydrogens is 342 g/mol. The molecule has 3 amide bonds. The van der Waals surface area contributed by atoms with Gasteiger partial charge in [0.2, 0.25) is 5.91 Å². The van der Waals surface area contributed by atoms with Gasteiger partial charge >= 0.3 is 6.03 Å². The number of carbonyl (C=O) groups is 2. The van der Waals surface area contributed by atoms with Gasteiger partial charge in [-0.25, -0.2) is 4.79 Å². The Morgan fingerprint density at radius 1 is 0.926 bits per heavy atom. The number of ether oxygens (including phenoxy) is 1. The number of anilines is 1. The Bertz CT molecular complexity index is 768. The number of nitrogens with one attached hydrogen (secondary N) is 3. The Morgan fingerprint density at radius 2 is 1.52 bits per heavy atom. The molecule has 1 fully saturated rings. The molecule has 0 heterocycles. The summed E-state index contributed by atoms with van der Waals surface area (Å²) in [4.78, 5) is 23.9. The van der Waals surface area contributed by atoms with Crippen LogP contribution in [-0.2, 0) is 17.9 Å². The summed E-state index contributed by atoms with van der Waals surface area (Å²) < 4.78 is 5.11. The first kappa shape index (κ1) is 18.8. The Hall–Kier alpha value is -3.02. The maximum atomic E-state index is 12.0. The summed E-state index contributed by atoms with van der Waals surface area (Å²) in [7, 11) is 1.62. The molecule has 0 saturated heterocycles. The Labute approximate surface area is 159 Å². The molecule has 3 rings (SSSR count). The van der Waals surface area contributed by atoms with Gasteiger partial charge in [-0.2, -0.15) is 0 Å². The quantitative estimate of drug-likeness (QED) is 0.701. The SMILES string of the molecule is COc1ccc(CNC(=O)Nc2ccc(CNC(=O)C3CCC3)cc2)cc1. The molecule has 6 nitrogen and oxygen atoms in total. The van der Waals surface area contributed by atoms with Gasteiger partial charge in [0.1, 0.15) is 5.75 Å². The van der Waals surface area contributed by atoms with Crippen molar-refractivity contribution < 1.29 is 14.3 Å². The van der Waals surface area contributed by atoms with Gasteiger partial charge in [-0.3, -0.25) is 4.79 Å². The zero-order chi connectivity index (χ0) is 19.1. The normalized spacial score (nSPS) is 13.4. The Kier molecular flexibility index (Phi) is 6.30. The molecule has 0 radical (unpaired) electrons. The van der Waals surface area contributed by atoms with Crippen LogP contribution in [0.1, 0.15) is 30.4 Å². The van der Waals surface area contributed by atoms with Crippen LogP contribution in [-0.4, -0.2) is 19.0 Å². The highest BCUT2D eigenvalue weighted by molar-refractivity contribution is 5.89. The summed E-state index contributed by atoms with van der Waals surface area (Å²) in [6.45, 7) is 0.945. The lowest BCUT2D eigenvalue weighted by molar-refractivity contribution is -0.127. The average Bonchev–Trinajstić information content (AvgIpc) is 2.65. The van der Waals surface area contributed by atoms with Crippen LogP contribution >= 0.6 is 0 Å². The van der Waals surface area contributed by atoms with Crippen LogP contribution in [0.5, 0.6) is 5.75 Å². The van der Waals surface area contributed by atoms with Crippen LogP contribution in [0.2, 0.25) is 0 Å². The summed E-state index contributed by atoms with van der Waals surface area (Å²) in [5.41, 5.74) is 2.70. The molecule has 27 heavy (non-hydrogen) atoms. The predicted octanol–water partition coefficient (Wildman–Crippen LogP) is 3.43. The molecule has 0 aromatic heterocycles. The second kappa shape index (κ2) is 9.07. The monoisotopic (exact) mass is 367 g/mol. The van der Waals surface area contributed by atoms with Crippen LogP contribution in [0.15, 0.2) is 48.5 Å². The van der Waals surface area contributed by atoms with Crippen molar-refractivity contribution >= 4 is 17.6 Å². The standard InChI is InChI=1S/C21H25N3O3/c1-27-19-11-7-16(8-12-19)14-23-21(26)24-18-9-5-15(6-10-18)13-22-20(25)17-3-2-4-17/h5-12,17H,2-4,13-14H2,1H3,(H,22,25)(H2,23,24,26). The first-order chi connectivity index (χ1) is 13.1. The lowest BCUT2D eigenvalue weighted by Crippen LogP contribution is -2.33. The van der Waals surface area contributed by atoms with Crippen LogP contribution in [0, 0.1) is 5.92 Å². The Morgan fingerprint density at radius 3 is 2.07 bits per heavy atom. The second-order valence-corrected chi connectivity index (χ2v) is 6.70. The molecule has 1 aliphatic carbocycles. The van der Waals surface area contributed by atoms with Crippen LogP contribution in [0.25, 0.3) is 0 Å². The molecule has 2 aromatic rings. The molecule has 6 heteroatoms. The summed E-state index contributed by atoms with van der Waals surface area (Å²) >= 11 is 0. The van der Waals surface area contributed by atoms with Crippen molar-refractivity contribution in [1.82, 2.24) is 10.6 Å². The lowest BCUT2D eigenvalue weighted by Gasteiger charge is -2.24. The van der Waals surface area contributed by atoms with E-state index in [-0.39, 0.29) is 17.9 Å². The largest absolute Gasteiger partial charge is 0.497 e. The minimum absolute atomic E-state index is 0.140. The van der Waals surface area contributed by atoms with Gasteiger partial charge in [0.05, 0.1) is 7.11 Å².